The van der Waals surface area contributed by atoms with Gasteiger partial charge in [0.15, 0.2) is 0 Å². The Labute approximate surface area is 200 Å². The summed E-state index contributed by atoms with van der Waals surface area (Å²) >= 11 is 0. The third-order valence-electron chi connectivity index (χ3n) is 5.26. The fourth-order valence-electron chi connectivity index (χ4n) is 3.41. The molecule has 0 spiro atoms. The molecule has 0 bridgehead atoms. The highest BCUT2D eigenvalue weighted by Crippen LogP contribution is 2.24. The van der Waals surface area contributed by atoms with Gasteiger partial charge in [-0.15, -0.1) is 0 Å². The van der Waals surface area contributed by atoms with E-state index in [9.17, 15) is 22.4 Å². The molecule has 0 aliphatic carbocycles. The number of ether oxygens (including phenoxy) is 1. The zero-order valence-corrected chi connectivity index (χ0v) is 20.8. The first-order valence-electron chi connectivity index (χ1n) is 10.7. The van der Waals surface area contributed by atoms with Crippen molar-refractivity contribution in [2.24, 2.45) is 0 Å². The monoisotopic (exact) mass is 494 g/mol. The lowest BCUT2D eigenvalue weighted by atomic mass is 10.1. The van der Waals surface area contributed by atoms with Gasteiger partial charge >= 0.3 is 10.2 Å². The highest BCUT2D eigenvalue weighted by Gasteiger charge is 2.34. The van der Waals surface area contributed by atoms with Crippen LogP contribution in [0.2, 0.25) is 0 Å². The van der Waals surface area contributed by atoms with Crippen molar-refractivity contribution in [3.63, 3.8) is 0 Å². The molecule has 0 fully saturated rings. The summed E-state index contributed by atoms with van der Waals surface area (Å²) in [5.41, 5.74) is 0.418. The summed E-state index contributed by atoms with van der Waals surface area (Å²) in [5.74, 6) is -1.28. The molecular formula is C23H31FN4O5S. The number of benzene rings is 2. The van der Waals surface area contributed by atoms with Crippen LogP contribution in [0.25, 0.3) is 0 Å². The standard InChI is InChI=1S/C23H31FN4O5S/c1-6-20(23(30)25-2)27(15-17-10-9-11-18(14-17)33-5)22(29)16-28(34(31,32)26(3)4)21-13-8-7-12-19(21)24/h7-14,20H,6,15-16H2,1-5H3,(H,25,30). The van der Waals surface area contributed by atoms with Gasteiger partial charge in [-0.3, -0.25) is 9.59 Å². The average Bonchev–Trinajstić information content (AvgIpc) is 2.82. The summed E-state index contributed by atoms with van der Waals surface area (Å²) in [6.45, 7) is 1.07. The van der Waals surface area contributed by atoms with Crippen LogP contribution in [-0.2, 0) is 26.3 Å². The molecule has 186 valence electrons. The first-order chi connectivity index (χ1) is 16.1. The van der Waals surface area contributed by atoms with Gasteiger partial charge in [-0.2, -0.15) is 12.7 Å². The van der Waals surface area contributed by atoms with Crippen molar-refractivity contribution in [2.45, 2.75) is 25.9 Å². The van der Waals surface area contributed by atoms with Crippen LogP contribution >= 0.6 is 0 Å². The molecule has 0 aromatic heterocycles. The van der Waals surface area contributed by atoms with Gasteiger partial charge < -0.3 is 15.0 Å². The Morgan fingerprint density at radius 2 is 1.79 bits per heavy atom. The Kier molecular flexibility index (Phi) is 9.39. The van der Waals surface area contributed by atoms with Crippen molar-refractivity contribution >= 4 is 27.7 Å². The second-order valence-electron chi connectivity index (χ2n) is 7.66. The van der Waals surface area contributed by atoms with E-state index in [-0.39, 0.29) is 18.7 Å². The number of halogens is 1. The molecule has 2 amide bonds. The van der Waals surface area contributed by atoms with Gasteiger partial charge in [-0.05, 0) is 36.2 Å². The molecule has 0 aliphatic rings. The minimum absolute atomic E-state index is 0.0229. The molecule has 2 aromatic rings. The molecule has 1 unspecified atom stereocenters. The lowest BCUT2D eigenvalue weighted by Gasteiger charge is -2.33. The summed E-state index contributed by atoms with van der Waals surface area (Å²) in [4.78, 5) is 27.4. The van der Waals surface area contributed by atoms with E-state index in [1.807, 2.05) is 0 Å². The summed E-state index contributed by atoms with van der Waals surface area (Å²) < 4.78 is 47.5. The number of rotatable bonds is 11. The Morgan fingerprint density at radius 1 is 1.12 bits per heavy atom. The molecule has 2 rings (SSSR count). The second kappa shape index (κ2) is 11.8. The van der Waals surface area contributed by atoms with Crippen LogP contribution < -0.4 is 14.4 Å². The van der Waals surface area contributed by atoms with Gasteiger partial charge in [0.2, 0.25) is 11.8 Å². The molecule has 11 heteroatoms. The third kappa shape index (κ3) is 6.23. The van der Waals surface area contributed by atoms with Crippen LogP contribution in [0.4, 0.5) is 10.1 Å². The highest BCUT2D eigenvalue weighted by atomic mass is 32.2. The maximum atomic E-state index is 14.6. The lowest BCUT2D eigenvalue weighted by Crippen LogP contribution is -2.53. The summed E-state index contributed by atoms with van der Waals surface area (Å²) in [5, 5.41) is 2.54. The number of amides is 2. The molecule has 0 saturated heterocycles. The van der Waals surface area contributed by atoms with E-state index >= 15 is 0 Å². The maximum absolute atomic E-state index is 14.6. The van der Waals surface area contributed by atoms with E-state index < -0.39 is 40.4 Å². The Bertz CT molecular complexity index is 1110. The first-order valence-corrected chi connectivity index (χ1v) is 12.0. The molecule has 9 nitrogen and oxygen atoms in total. The van der Waals surface area contributed by atoms with Crippen molar-refractivity contribution < 1.29 is 27.1 Å². The van der Waals surface area contributed by atoms with Crippen LogP contribution in [0.3, 0.4) is 0 Å². The number of para-hydroxylation sites is 1. The van der Waals surface area contributed by atoms with E-state index in [1.165, 1.54) is 51.4 Å². The number of anilines is 1. The SMILES string of the molecule is CCC(C(=O)NC)N(Cc1cccc(OC)c1)C(=O)CN(c1ccccc1F)S(=O)(=O)N(C)C. The Hall–Kier alpha value is -3.18. The van der Waals surface area contributed by atoms with Gasteiger partial charge in [0.05, 0.1) is 12.8 Å². The zero-order valence-electron chi connectivity index (χ0n) is 20.0. The molecule has 2 aromatic carbocycles. The molecule has 0 saturated carbocycles. The Morgan fingerprint density at radius 3 is 2.35 bits per heavy atom. The molecule has 1 N–H and O–H groups in total. The number of nitrogens with zero attached hydrogens (tertiary/aromatic N) is 3. The van der Waals surface area contributed by atoms with Crippen molar-refractivity contribution in [2.75, 3.05) is 39.1 Å². The van der Waals surface area contributed by atoms with Gasteiger partial charge in [-0.25, -0.2) is 8.70 Å². The number of hydrogen-bond donors (Lipinski definition) is 1. The van der Waals surface area contributed by atoms with Gasteiger partial charge in [0, 0.05) is 27.7 Å². The number of carbonyl (C=O) groups excluding carboxylic acids is 2. The fraction of sp³-hybridized carbons (Fsp3) is 0.391. The fourth-order valence-corrected chi connectivity index (χ4v) is 4.47. The summed E-state index contributed by atoms with van der Waals surface area (Å²) in [6.07, 6.45) is 0.287. The van der Waals surface area contributed by atoms with Crippen molar-refractivity contribution in [3.05, 3.63) is 59.9 Å². The second-order valence-corrected chi connectivity index (χ2v) is 9.73. The van der Waals surface area contributed by atoms with Crippen LogP contribution in [-0.4, -0.2) is 70.3 Å². The highest BCUT2D eigenvalue weighted by molar-refractivity contribution is 7.90. The lowest BCUT2D eigenvalue weighted by molar-refractivity contribution is -0.140. The number of likely N-dealkylation sites (N-methyl/N-ethyl adjacent to an activating group) is 1. The van der Waals surface area contributed by atoms with E-state index in [2.05, 4.69) is 5.32 Å². The quantitative estimate of drug-likeness (QED) is 0.515. The average molecular weight is 495 g/mol. The maximum Gasteiger partial charge on any atom is 0.304 e. The van der Waals surface area contributed by atoms with Gasteiger partial charge in [0.1, 0.15) is 24.2 Å². The van der Waals surface area contributed by atoms with Crippen molar-refractivity contribution in [3.8, 4) is 5.75 Å². The predicted molar refractivity (Wildman–Crippen MR) is 128 cm³/mol. The van der Waals surface area contributed by atoms with Crippen molar-refractivity contribution in [1.29, 1.82) is 0 Å². The van der Waals surface area contributed by atoms with E-state index in [4.69, 9.17) is 4.74 Å². The summed E-state index contributed by atoms with van der Waals surface area (Å²) in [7, 11) is 1.33. The van der Waals surface area contributed by atoms with E-state index in [0.29, 0.717) is 15.6 Å². The summed E-state index contributed by atoms with van der Waals surface area (Å²) in [6, 6.07) is 11.4. The molecule has 34 heavy (non-hydrogen) atoms. The van der Waals surface area contributed by atoms with Crippen LogP contribution in [0.1, 0.15) is 18.9 Å². The van der Waals surface area contributed by atoms with E-state index in [1.54, 1.807) is 31.2 Å². The smallest absolute Gasteiger partial charge is 0.304 e. The number of nitrogens with one attached hydrogen (secondary N) is 1. The number of methoxy groups -OCH3 is 1. The minimum Gasteiger partial charge on any atom is -0.497 e. The minimum atomic E-state index is -4.23. The van der Waals surface area contributed by atoms with E-state index in [0.717, 1.165) is 10.4 Å². The molecule has 0 radical (unpaired) electrons. The molecule has 1 atom stereocenters. The van der Waals surface area contributed by atoms with Crippen LogP contribution in [0, 0.1) is 5.82 Å². The number of hydrogen-bond acceptors (Lipinski definition) is 5. The predicted octanol–water partition coefficient (Wildman–Crippen LogP) is 2.00. The largest absolute Gasteiger partial charge is 0.497 e. The van der Waals surface area contributed by atoms with Gasteiger partial charge in [0.25, 0.3) is 0 Å². The van der Waals surface area contributed by atoms with Crippen LogP contribution in [0.15, 0.2) is 48.5 Å². The number of carbonyl (C=O) groups is 2. The zero-order chi connectivity index (χ0) is 25.5. The van der Waals surface area contributed by atoms with Gasteiger partial charge in [-0.1, -0.05) is 31.2 Å². The Balaban J connectivity index is 2.52. The first kappa shape index (κ1) is 27.1. The topological polar surface area (TPSA) is 99.3 Å². The van der Waals surface area contributed by atoms with Crippen molar-refractivity contribution in [1.82, 2.24) is 14.5 Å². The van der Waals surface area contributed by atoms with Crippen LogP contribution in [0.5, 0.6) is 5.75 Å². The normalized spacial score (nSPS) is 12.2. The molecule has 0 heterocycles. The molecule has 0 aliphatic heterocycles. The third-order valence-corrected chi connectivity index (χ3v) is 7.07. The molecular weight excluding hydrogens is 463 g/mol.